The third-order valence-electron chi connectivity index (χ3n) is 4.83. The first-order chi connectivity index (χ1) is 14.1. The van der Waals surface area contributed by atoms with E-state index in [0.717, 1.165) is 16.9 Å². The van der Waals surface area contributed by atoms with E-state index in [9.17, 15) is 9.59 Å². The van der Waals surface area contributed by atoms with Gasteiger partial charge in [0, 0.05) is 45.8 Å². The Labute approximate surface area is 171 Å². The Hall–Kier alpha value is -3.22. The number of carbonyl (C=O) groups is 2. The van der Waals surface area contributed by atoms with E-state index in [4.69, 9.17) is 4.74 Å². The number of piperazine rings is 1. The Balaban J connectivity index is 1.44. The molecule has 1 heterocycles. The molecule has 1 saturated heterocycles. The number of nitrogens with zero attached hydrogens (tertiary/aromatic N) is 3. The highest BCUT2D eigenvalue weighted by Gasteiger charge is 2.24. The molecule has 1 N–H and O–H groups in total. The van der Waals surface area contributed by atoms with E-state index in [1.807, 2.05) is 54.6 Å². The van der Waals surface area contributed by atoms with Crippen molar-refractivity contribution in [3.05, 3.63) is 54.6 Å². The number of hydrogen-bond acceptors (Lipinski definition) is 3. The fraction of sp³-hybridized carbons (Fsp3) is 0.364. The number of nitrogens with one attached hydrogen (secondary N) is 1. The van der Waals surface area contributed by atoms with Crippen LogP contribution in [0.2, 0.25) is 0 Å². The normalized spacial score (nSPS) is 13.7. The first-order valence-corrected chi connectivity index (χ1v) is 9.82. The maximum Gasteiger partial charge on any atom is 0.319 e. The van der Waals surface area contributed by atoms with Crippen molar-refractivity contribution in [3.63, 3.8) is 0 Å². The predicted octanol–water partition coefficient (Wildman–Crippen LogP) is 2.74. The summed E-state index contributed by atoms with van der Waals surface area (Å²) in [5.41, 5.74) is 2.12. The van der Waals surface area contributed by atoms with Gasteiger partial charge >= 0.3 is 12.1 Å². The molecule has 154 valence electrons. The lowest BCUT2D eigenvalue weighted by atomic mass is 10.1. The molecule has 0 spiro atoms. The smallest absolute Gasteiger partial charge is 0.319 e. The van der Waals surface area contributed by atoms with Crippen LogP contribution >= 0.6 is 0 Å². The van der Waals surface area contributed by atoms with Gasteiger partial charge in [0.1, 0.15) is 12.4 Å². The summed E-state index contributed by atoms with van der Waals surface area (Å²) < 4.78 is 5.91. The summed E-state index contributed by atoms with van der Waals surface area (Å²) in [5.74, 6) is 0.795. The van der Waals surface area contributed by atoms with Crippen LogP contribution in [-0.2, 0) is 0 Å². The molecule has 2 aromatic rings. The summed E-state index contributed by atoms with van der Waals surface area (Å²) in [4.78, 5) is 29.4. The molecule has 7 nitrogen and oxygen atoms in total. The van der Waals surface area contributed by atoms with Gasteiger partial charge in [0.2, 0.25) is 0 Å². The molecule has 1 aliphatic rings. The quantitative estimate of drug-likeness (QED) is 0.791. The fourth-order valence-corrected chi connectivity index (χ4v) is 3.26. The molecular formula is C22H28N4O3. The molecule has 0 atom stereocenters. The second kappa shape index (κ2) is 9.82. The number of rotatable bonds is 5. The number of amides is 4. The molecule has 0 bridgehead atoms. The summed E-state index contributed by atoms with van der Waals surface area (Å²) >= 11 is 0. The summed E-state index contributed by atoms with van der Waals surface area (Å²) in [5, 5.41) is 2.90. The fourth-order valence-electron chi connectivity index (χ4n) is 3.26. The highest BCUT2D eigenvalue weighted by Crippen LogP contribution is 2.29. The Kier molecular flexibility index (Phi) is 6.94. The van der Waals surface area contributed by atoms with Gasteiger partial charge in [-0.05, 0) is 11.6 Å². The highest BCUT2D eigenvalue weighted by molar-refractivity contribution is 5.76. The summed E-state index contributed by atoms with van der Waals surface area (Å²) in [6.07, 6.45) is 0. The number of hydrogen-bond donors (Lipinski definition) is 1. The Morgan fingerprint density at radius 1 is 0.931 bits per heavy atom. The second-order valence-corrected chi connectivity index (χ2v) is 7.09. The van der Waals surface area contributed by atoms with Gasteiger partial charge in [0.15, 0.2) is 0 Å². The van der Waals surface area contributed by atoms with Gasteiger partial charge in [-0.15, -0.1) is 0 Å². The predicted molar refractivity (Wildman–Crippen MR) is 113 cm³/mol. The molecular weight excluding hydrogens is 368 g/mol. The number of benzene rings is 2. The lowest BCUT2D eigenvalue weighted by Gasteiger charge is -2.35. The van der Waals surface area contributed by atoms with Crippen molar-refractivity contribution in [2.45, 2.75) is 0 Å². The SMILES string of the molecule is CN(C)C(=O)N1CCN(C(=O)NCCOc2ccccc2-c2ccccc2)CC1. The van der Waals surface area contributed by atoms with Gasteiger partial charge in [0.25, 0.3) is 0 Å². The van der Waals surface area contributed by atoms with Crippen LogP contribution in [0.15, 0.2) is 54.6 Å². The van der Waals surface area contributed by atoms with Crippen molar-refractivity contribution in [2.24, 2.45) is 0 Å². The van der Waals surface area contributed by atoms with Crippen LogP contribution in [0.4, 0.5) is 9.59 Å². The van der Waals surface area contributed by atoms with Gasteiger partial charge in [-0.1, -0.05) is 48.5 Å². The highest BCUT2D eigenvalue weighted by atomic mass is 16.5. The van der Waals surface area contributed by atoms with Crippen molar-refractivity contribution >= 4 is 12.1 Å². The van der Waals surface area contributed by atoms with Crippen LogP contribution in [-0.4, -0.2) is 80.2 Å². The number of urea groups is 2. The molecule has 4 amide bonds. The van der Waals surface area contributed by atoms with Crippen molar-refractivity contribution in [1.82, 2.24) is 20.0 Å². The number of para-hydroxylation sites is 1. The maximum absolute atomic E-state index is 12.4. The summed E-state index contributed by atoms with van der Waals surface area (Å²) in [6, 6.07) is 17.8. The average Bonchev–Trinajstić information content (AvgIpc) is 2.77. The zero-order chi connectivity index (χ0) is 20.6. The zero-order valence-corrected chi connectivity index (χ0v) is 17.0. The van der Waals surface area contributed by atoms with Crippen molar-refractivity contribution in [1.29, 1.82) is 0 Å². The van der Waals surface area contributed by atoms with E-state index >= 15 is 0 Å². The van der Waals surface area contributed by atoms with Gasteiger partial charge in [-0.25, -0.2) is 9.59 Å². The third-order valence-corrected chi connectivity index (χ3v) is 4.83. The standard InChI is InChI=1S/C22H28N4O3/c1-24(2)22(28)26-15-13-25(14-16-26)21(27)23-12-17-29-20-11-7-6-10-19(20)18-8-4-3-5-9-18/h3-11H,12-17H2,1-2H3,(H,23,27). The first-order valence-electron chi connectivity index (χ1n) is 9.82. The van der Waals surface area contributed by atoms with E-state index in [0.29, 0.717) is 39.3 Å². The molecule has 29 heavy (non-hydrogen) atoms. The van der Waals surface area contributed by atoms with Gasteiger partial charge in [0.05, 0.1) is 6.54 Å². The minimum absolute atomic E-state index is 0.0180. The lowest BCUT2D eigenvalue weighted by molar-refractivity contribution is 0.128. The molecule has 1 fully saturated rings. The molecule has 3 rings (SSSR count). The topological polar surface area (TPSA) is 65.1 Å². The van der Waals surface area contributed by atoms with Crippen LogP contribution in [0, 0.1) is 0 Å². The molecule has 0 saturated carbocycles. The average molecular weight is 396 g/mol. The minimum atomic E-state index is -0.123. The summed E-state index contributed by atoms with van der Waals surface area (Å²) in [7, 11) is 3.47. The van der Waals surface area contributed by atoms with E-state index in [2.05, 4.69) is 5.32 Å². The minimum Gasteiger partial charge on any atom is -0.491 e. The van der Waals surface area contributed by atoms with Crippen molar-refractivity contribution < 1.29 is 14.3 Å². The second-order valence-electron chi connectivity index (χ2n) is 7.09. The van der Waals surface area contributed by atoms with Gasteiger partial charge in [-0.2, -0.15) is 0 Å². The Bertz CT molecular complexity index is 818. The summed E-state index contributed by atoms with van der Waals surface area (Å²) in [6.45, 7) is 2.95. The van der Waals surface area contributed by atoms with Crippen molar-refractivity contribution in [2.75, 3.05) is 53.4 Å². The monoisotopic (exact) mass is 396 g/mol. The van der Waals surface area contributed by atoms with E-state index in [1.165, 1.54) is 0 Å². The molecule has 2 aromatic carbocycles. The van der Waals surface area contributed by atoms with E-state index < -0.39 is 0 Å². The molecule has 1 aliphatic heterocycles. The molecule has 0 radical (unpaired) electrons. The van der Waals surface area contributed by atoms with E-state index in [-0.39, 0.29) is 12.1 Å². The Morgan fingerprint density at radius 2 is 1.55 bits per heavy atom. The zero-order valence-electron chi connectivity index (χ0n) is 17.0. The number of ether oxygens (including phenoxy) is 1. The van der Waals surface area contributed by atoms with Crippen molar-refractivity contribution in [3.8, 4) is 16.9 Å². The molecule has 0 aromatic heterocycles. The molecule has 0 aliphatic carbocycles. The molecule has 0 unspecified atom stereocenters. The van der Waals surface area contributed by atoms with Gasteiger partial charge in [-0.3, -0.25) is 0 Å². The Morgan fingerprint density at radius 3 is 2.24 bits per heavy atom. The first kappa shape index (κ1) is 20.5. The lowest BCUT2D eigenvalue weighted by Crippen LogP contribution is -2.55. The van der Waals surface area contributed by atoms with Gasteiger partial charge < -0.3 is 24.8 Å². The van der Waals surface area contributed by atoms with Crippen LogP contribution in [0.25, 0.3) is 11.1 Å². The largest absolute Gasteiger partial charge is 0.491 e. The molecule has 7 heteroatoms. The third kappa shape index (κ3) is 5.40. The number of carbonyl (C=O) groups excluding carboxylic acids is 2. The maximum atomic E-state index is 12.4. The van der Waals surface area contributed by atoms with E-state index in [1.54, 1.807) is 28.8 Å². The van der Waals surface area contributed by atoms with Crippen LogP contribution in [0.1, 0.15) is 0 Å². The van der Waals surface area contributed by atoms with Crippen LogP contribution < -0.4 is 10.1 Å². The van der Waals surface area contributed by atoms with Crippen LogP contribution in [0.5, 0.6) is 5.75 Å². The van der Waals surface area contributed by atoms with Crippen LogP contribution in [0.3, 0.4) is 0 Å².